The van der Waals surface area contributed by atoms with Crippen LogP contribution in [0.3, 0.4) is 0 Å². The predicted octanol–water partition coefficient (Wildman–Crippen LogP) is 2.44. The van der Waals surface area contributed by atoms with Crippen LogP contribution >= 0.6 is 24.0 Å². The molecule has 0 radical (unpaired) electrons. The van der Waals surface area contributed by atoms with Gasteiger partial charge < -0.3 is 16.4 Å². The smallest absolute Gasteiger partial charge is 0.239 e. The van der Waals surface area contributed by atoms with E-state index in [4.69, 9.17) is 17.3 Å². The number of hydrogen-bond donors (Lipinski definition) is 3. The lowest BCUT2D eigenvalue weighted by Gasteiger charge is -2.31. The fourth-order valence-corrected chi connectivity index (χ4v) is 3.38. The predicted molar refractivity (Wildman–Crippen MR) is 103 cm³/mol. The van der Waals surface area contributed by atoms with Crippen LogP contribution in [0.5, 0.6) is 0 Å². The number of benzene rings is 1. The Hall–Kier alpha value is -1.30. The van der Waals surface area contributed by atoms with E-state index in [2.05, 4.69) is 10.6 Å². The Morgan fingerprint density at radius 3 is 2.36 bits per heavy atom. The molecule has 1 aliphatic rings. The van der Waals surface area contributed by atoms with Gasteiger partial charge in [0.15, 0.2) is 0 Å². The van der Waals surface area contributed by atoms with Gasteiger partial charge in [-0.25, -0.2) is 0 Å². The molecule has 2 amide bonds. The molecule has 1 aromatic rings. The Morgan fingerprint density at radius 2 is 1.76 bits per heavy atom. The number of hydrogen-bond acceptors (Lipinski definition) is 3. The molecular weight excluding hydrogens is 361 g/mol. The van der Waals surface area contributed by atoms with Crippen LogP contribution in [0.4, 0.5) is 0 Å². The molecule has 0 heterocycles. The molecule has 7 heteroatoms. The molecule has 140 valence electrons. The van der Waals surface area contributed by atoms with Gasteiger partial charge in [-0.3, -0.25) is 9.59 Å². The third kappa shape index (κ3) is 7.63. The zero-order valence-electron chi connectivity index (χ0n) is 14.3. The largest absolute Gasteiger partial charge is 0.351 e. The van der Waals surface area contributed by atoms with Gasteiger partial charge in [0, 0.05) is 11.1 Å². The highest BCUT2D eigenvalue weighted by atomic mass is 35.5. The molecule has 1 aliphatic carbocycles. The zero-order chi connectivity index (χ0) is 17.4. The lowest BCUT2D eigenvalue weighted by atomic mass is 9.81. The molecule has 0 aromatic heterocycles. The van der Waals surface area contributed by atoms with Crippen LogP contribution in [0.1, 0.15) is 37.7 Å². The second-order valence-electron chi connectivity index (χ2n) is 6.38. The minimum Gasteiger partial charge on any atom is -0.351 e. The zero-order valence-corrected chi connectivity index (χ0v) is 15.9. The summed E-state index contributed by atoms with van der Waals surface area (Å²) in [6.45, 7) is -0.135. The summed E-state index contributed by atoms with van der Waals surface area (Å²) in [6, 6.07) is 7.82. The van der Waals surface area contributed by atoms with Gasteiger partial charge in [0.25, 0.3) is 0 Å². The molecule has 1 atom stereocenters. The molecule has 0 spiro atoms. The second kappa shape index (κ2) is 11.3. The molecule has 0 aliphatic heterocycles. The van der Waals surface area contributed by atoms with Gasteiger partial charge in [0.1, 0.15) is 0 Å². The maximum absolute atomic E-state index is 12.2. The molecule has 2 rings (SSSR count). The summed E-state index contributed by atoms with van der Waals surface area (Å²) in [6.07, 6.45) is 6.73. The summed E-state index contributed by atoms with van der Waals surface area (Å²) in [5.41, 5.74) is 6.39. The Balaban J connectivity index is 0.00000312. The van der Waals surface area contributed by atoms with Gasteiger partial charge in [-0.05, 0) is 42.9 Å². The first-order valence-corrected chi connectivity index (χ1v) is 8.97. The monoisotopic (exact) mass is 387 g/mol. The summed E-state index contributed by atoms with van der Waals surface area (Å²) >= 11 is 5.95. The number of nitrogens with one attached hydrogen (secondary N) is 2. The molecule has 25 heavy (non-hydrogen) atoms. The van der Waals surface area contributed by atoms with E-state index in [1.807, 2.05) is 24.3 Å². The lowest BCUT2D eigenvalue weighted by molar-refractivity contribution is -0.126. The van der Waals surface area contributed by atoms with Gasteiger partial charge >= 0.3 is 0 Å². The van der Waals surface area contributed by atoms with Gasteiger partial charge in [0.05, 0.1) is 13.1 Å². The molecule has 1 fully saturated rings. The molecule has 1 saturated carbocycles. The highest BCUT2D eigenvalue weighted by Crippen LogP contribution is 2.28. The summed E-state index contributed by atoms with van der Waals surface area (Å²) in [7, 11) is 0. The van der Waals surface area contributed by atoms with E-state index >= 15 is 0 Å². The lowest BCUT2D eigenvalue weighted by Crippen LogP contribution is -2.47. The van der Waals surface area contributed by atoms with Crippen molar-refractivity contribution in [3.8, 4) is 0 Å². The number of amides is 2. The molecule has 0 saturated heterocycles. The van der Waals surface area contributed by atoms with Crippen molar-refractivity contribution in [2.45, 2.75) is 44.6 Å². The Bertz CT molecular complexity index is 546. The van der Waals surface area contributed by atoms with Crippen LogP contribution in [0.2, 0.25) is 5.02 Å². The van der Waals surface area contributed by atoms with E-state index in [0.29, 0.717) is 10.9 Å². The minimum absolute atomic E-state index is 0. The van der Waals surface area contributed by atoms with Crippen molar-refractivity contribution in [3.05, 3.63) is 34.9 Å². The van der Waals surface area contributed by atoms with Gasteiger partial charge in [-0.15, -0.1) is 12.4 Å². The van der Waals surface area contributed by atoms with Crippen molar-refractivity contribution in [2.24, 2.45) is 11.7 Å². The number of rotatable bonds is 7. The molecule has 0 bridgehead atoms. The van der Waals surface area contributed by atoms with E-state index < -0.39 is 0 Å². The van der Waals surface area contributed by atoms with Crippen LogP contribution in [0.15, 0.2) is 24.3 Å². The Morgan fingerprint density at radius 1 is 1.12 bits per heavy atom. The fraction of sp³-hybridized carbons (Fsp3) is 0.556. The number of halogens is 2. The summed E-state index contributed by atoms with van der Waals surface area (Å²) in [5.74, 6) is -0.0120. The summed E-state index contributed by atoms with van der Waals surface area (Å²) in [4.78, 5) is 23.4. The molecular formula is C18H27Cl2N3O2. The maximum Gasteiger partial charge on any atom is 0.239 e. The average molecular weight is 388 g/mol. The van der Waals surface area contributed by atoms with Crippen molar-refractivity contribution in [1.29, 1.82) is 0 Å². The topological polar surface area (TPSA) is 84.2 Å². The fourth-order valence-electron chi connectivity index (χ4n) is 3.26. The van der Waals surface area contributed by atoms with E-state index in [-0.39, 0.29) is 43.4 Å². The van der Waals surface area contributed by atoms with Crippen LogP contribution in [0, 0.1) is 5.92 Å². The number of nitrogens with two attached hydrogens (primary N) is 1. The van der Waals surface area contributed by atoms with Crippen molar-refractivity contribution in [3.63, 3.8) is 0 Å². The van der Waals surface area contributed by atoms with E-state index in [1.54, 1.807) is 0 Å². The van der Waals surface area contributed by atoms with Crippen molar-refractivity contribution in [1.82, 2.24) is 10.6 Å². The second-order valence-corrected chi connectivity index (χ2v) is 6.82. The maximum atomic E-state index is 12.2. The average Bonchev–Trinajstić information content (AvgIpc) is 2.61. The first kappa shape index (κ1) is 21.7. The number of carbonyl (C=O) groups is 2. The third-order valence-electron chi connectivity index (χ3n) is 4.57. The first-order valence-electron chi connectivity index (χ1n) is 8.59. The van der Waals surface area contributed by atoms with Crippen molar-refractivity contribution < 1.29 is 9.59 Å². The van der Waals surface area contributed by atoms with Gasteiger partial charge in [0.2, 0.25) is 11.8 Å². The Kier molecular flexibility index (Phi) is 9.86. The molecule has 4 N–H and O–H groups in total. The number of carbonyl (C=O) groups excluding carboxylic acids is 2. The van der Waals surface area contributed by atoms with Crippen molar-refractivity contribution in [2.75, 3.05) is 13.1 Å². The Labute approximate surface area is 160 Å². The van der Waals surface area contributed by atoms with Crippen LogP contribution < -0.4 is 16.4 Å². The minimum atomic E-state index is -0.322. The van der Waals surface area contributed by atoms with Crippen LogP contribution in [-0.2, 0) is 16.0 Å². The normalized spacial score (nSPS) is 15.8. The quantitative estimate of drug-likeness (QED) is 0.671. The highest BCUT2D eigenvalue weighted by Gasteiger charge is 2.25. The standard InChI is InChI=1S/C18H26ClN3O2.ClH/c19-15-8-6-13(7-9-15)10-16(14-4-2-1-3-5-14)22-18(24)12-21-17(23)11-20;/h6-9,14,16H,1-5,10-12,20H2,(H,21,23)(H,22,24);1H. The molecule has 1 unspecified atom stereocenters. The molecule has 1 aromatic carbocycles. The van der Waals surface area contributed by atoms with Crippen LogP contribution in [0.25, 0.3) is 0 Å². The van der Waals surface area contributed by atoms with E-state index in [0.717, 1.165) is 24.8 Å². The highest BCUT2D eigenvalue weighted by molar-refractivity contribution is 6.30. The SMILES string of the molecule is Cl.NCC(=O)NCC(=O)NC(Cc1ccc(Cl)cc1)C1CCCCC1. The van der Waals surface area contributed by atoms with Crippen LogP contribution in [-0.4, -0.2) is 30.9 Å². The third-order valence-corrected chi connectivity index (χ3v) is 4.82. The van der Waals surface area contributed by atoms with Gasteiger partial charge in [-0.2, -0.15) is 0 Å². The van der Waals surface area contributed by atoms with Crippen molar-refractivity contribution >= 4 is 35.8 Å². The van der Waals surface area contributed by atoms with E-state index in [1.165, 1.54) is 19.3 Å². The van der Waals surface area contributed by atoms with E-state index in [9.17, 15) is 9.59 Å². The summed E-state index contributed by atoms with van der Waals surface area (Å²) < 4.78 is 0. The van der Waals surface area contributed by atoms with Gasteiger partial charge in [-0.1, -0.05) is 43.0 Å². The molecule has 5 nitrogen and oxygen atoms in total. The first-order chi connectivity index (χ1) is 11.6. The summed E-state index contributed by atoms with van der Waals surface area (Å²) in [5, 5.41) is 6.33.